The summed E-state index contributed by atoms with van der Waals surface area (Å²) in [4.78, 5) is 29.9. The number of nitrogens with one attached hydrogen (secondary N) is 1. The molecular formula is C36H40ClN3O4S. The van der Waals surface area contributed by atoms with Crippen molar-refractivity contribution in [3.8, 4) is 0 Å². The van der Waals surface area contributed by atoms with Crippen LogP contribution in [0.15, 0.2) is 108 Å². The molecule has 0 heterocycles. The molecule has 0 saturated heterocycles. The van der Waals surface area contributed by atoms with Gasteiger partial charge in [-0.15, -0.1) is 0 Å². The topological polar surface area (TPSA) is 86.8 Å². The molecule has 2 amide bonds. The van der Waals surface area contributed by atoms with E-state index in [2.05, 4.69) is 5.32 Å². The summed E-state index contributed by atoms with van der Waals surface area (Å²) < 4.78 is 29.3. The highest BCUT2D eigenvalue weighted by molar-refractivity contribution is 7.92. The average Bonchev–Trinajstić information content (AvgIpc) is 3.03. The molecule has 7 nitrogen and oxygen atoms in total. The molecule has 0 aromatic heterocycles. The number of amides is 2. The summed E-state index contributed by atoms with van der Waals surface area (Å²) in [5.74, 6) is -0.802. The first kappa shape index (κ1) is 33.7. The lowest BCUT2D eigenvalue weighted by Crippen LogP contribution is -2.53. The summed E-state index contributed by atoms with van der Waals surface area (Å²) in [5, 5.41) is 3.39. The highest BCUT2D eigenvalue weighted by Gasteiger charge is 2.34. The second-order valence-corrected chi connectivity index (χ2v) is 13.4. The van der Waals surface area contributed by atoms with Gasteiger partial charge in [-0.3, -0.25) is 13.9 Å². The Morgan fingerprint density at radius 1 is 0.844 bits per heavy atom. The van der Waals surface area contributed by atoms with E-state index >= 15 is 0 Å². The smallest absolute Gasteiger partial charge is 0.264 e. The molecule has 0 aliphatic carbocycles. The molecule has 0 aliphatic rings. The first-order chi connectivity index (χ1) is 21.6. The van der Waals surface area contributed by atoms with Crippen LogP contribution in [0.25, 0.3) is 0 Å². The van der Waals surface area contributed by atoms with Gasteiger partial charge in [0.2, 0.25) is 11.8 Å². The van der Waals surface area contributed by atoms with E-state index in [0.717, 1.165) is 39.4 Å². The Morgan fingerprint density at radius 3 is 2.16 bits per heavy atom. The molecule has 4 aromatic carbocycles. The molecule has 9 heteroatoms. The van der Waals surface area contributed by atoms with Crippen molar-refractivity contribution in [1.29, 1.82) is 0 Å². The van der Waals surface area contributed by atoms with Crippen LogP contribution >= 0.6 is 11.6 Å². The number of anilines is 1. The Balaban J connectivity index is 1.80. The van der Waals surface area contributed by atoms with E-state index in [1.54, 1.807) is 36.4 Å². The maximum absolute atomic E-state index is 14.5. The molecule has 0 fully saturated rings. The maximum atomic E-state index is 14.5. The summed E-state index contributed by atoms with van der Waals surface area (Å²) >= 11 is 6.45. The molecule has 4 aromatic rings. The molecule has 1 unspecified atom stereocenters. The van der Waals surface area contributed by atoms with Gasteiger partial charge < -0.3 is 10.2 Å². The van der Waals surface area contributed by atoms with Gasteiger partial charge in [0, 0.05) is 24.5 Å². The summed E-state index contributed by atoms with van der Waals surface area (Å²) in [6.07, 6.45) is 1.96. The zero-order valence-corrected chi connectivity index (χ0v) is 27.5. The van der Waals surface area contributed by atoms with Crippen molar-refractivity contribution in [2.75, 3.05) is 17.4 Å². The molecule has 45 heavy (non-hydrogen) atoms. The van der Waals surface area contributed by atoms with E-state index in [-0.39, 0.29) is 29.5 Å². The third-order valence-electron chi connectivity index (χ3n) is 7.59. The lowest BCUT2D eigenvalue weighted by Gasteiger charge is -2.34. The maximum Gasteiger partial charge on any atom is 0.264 e. The SMILES string of the molecule is CCCCNC(=O)C(Cc1ccccc1)N(Cc1cccc(C)c1)C(=O)CN(c1ccc(C)c(Cl)c1)S(=O)(=O)c1ccccc1. The largest absolute Gasteiger partial charge is 0.354 e. The number of aryl methyl sites for hydroxylation is 2. The minimum absolute atomic E-state index is 0.0397. The van der Waals surface area contributed by atoms with Crippen molar-refractivity contribution in [2.45, 2.75) is 57.5 Å². The number of halogens is 1. The Kier molecular flexibility index (Phi) is 11.8. The zero-order chi connectivity index (χ0) is 32.4. The fraction of sp³-hybridized carbons (Fsp3) is 0.278. The average molecular weight is 646 g/mol. The lowest BCUT2D eigenvalue weighted by molar-refractivity contribution is -0.140. The number of hydrogen-bond donors (Lipinski definition) is 1. The van der Waals surface area contributed by atoms with Crippen LogP contribution in [0, 0.1) is 13.8 Å². The molecule has 1 atom stereocenters. The quantitative estimate of drug-likeness (QED) is 0.155. The van der Waals surface area contributed by atoms with E-state index in [1.165, 1.54) is 17.0 Å². The number of benzene rings is 4. The Morgan fingerprint density at radius 2 is 1.51 bits per heavy atom. The molecule has 0 radical (unpaired) electrons. The van der Waals surface area contributed by atoms with Crippen LogP contribution in [0.1, 0.15) is 42.0 Å². The van der Waals surface area contributed by atoms with Crippen LogP contribution in [0.2, 0.25) is 5.02 Å². The van der Waals surface area contributed by atoms with E-state index in [0.29, 0.717) is 11.6 Å². The van der Waals surface area contributed by atoms with Gasteiger partial charge in [0.15, 0.2) is 0 Å². The van der Waals surface area contributed by atoms with E-state index < -0.39 is 28.5 Å². The Bertz CT molecular complexity index is 1700. The predicted octanol–water partition coefficient (Wildman–Crippen LogP) is 6.71. The highest BCUT2D eigenvalue weighted by Crippen LogP contribution is 2.29. The first-order valence-electron chi connectivity index (χ1n) is 15.1. The van der Waals surface area contributed by atoms with Crippen molar-refractivity contribution in [3.05, 3.63) is 130 Å². The molecule has 236 valence electrons. The summed E-state index contributed by atoms with van der Waals surface area (Å²) in [6, 6.07) is 29.3. The summed E-state index contributed by atoms with van der Waals surface area (Å²) in [7, 11) is -4.19. The van der Waals surface area contributed by atoms with Gasteiger partial charge in [-0.2, -0.15) is 0 Å². The van der Waals surface area contributed by atoms with Gasteiger partial charge >= 0.3 is 0 Å². The zero-order valence-electron chi connectivity index (χ0n) is 25.9. The van der Waals surface area contributed by atoms with Crippen molar-refractivity contribution in [1.82, 2.24) is 10.2 Å². The first-order valence-corrected chi connectivity index (χ1v) is 16.9. The van der Waals surface area contributed by atoms with E-state index in [4.69, 9.17) is 11.6 Å². The van der Waals surface area contributed by atoms with E-state index in [9.17, 15) is 18.0 Å². The second-order valence-electron chi connectivity index (χ2n) is 11.1. The van der Waals surface area contributed by atoms with Crippen molar-refractivity contribution >= 4 is 39.1 Å². The van der Waals surface area contributed by atoms with Gasteiger partial charge in [-0.25, -0.2) is 8.42 Å². The van der Waals surface area contributed by atoms with Gasteiger partial charge in [0.05, 0.1) is 10.6 Å². The van der Waals surface area contributed by atoms with Gasteiger partial charge in [-0.05, 0) is 61.2 Å². The second kappa shape index (κ2) is 15.7. The van der Waals surface area contributed by atoms with Crippen molar-refractivity contribution in [2.24, 2.45) is 0 Å². The number of nitrogens with zero attached hydrogens (tertiary/aromatic N) is 2. The molecular weight excluding hydrogens is 606 g/mol. The standard InChI is InChI=1S/C36H40ClN3O4S/c1-4-5-21-38-36(42)34(23-29-14-8-6-9-15-29)39(25-30-16-12-13-27(2)22-30)35(41)26-40(31-20-19-28(3)33(37)24-31)45(43,44)32-17-10-7-11-18-32/h6-20,22,24,34H,4-5,21,23,25-26H2,1-3H3,(H,38,42). The molecule has 0 saturated carbocycles. The normalized spacial score (nSPS) is 11.9. The van der Waals surface area contributed by atoms with Crippen molar-refractivity contribution in [3.63, 3.8) is 0 Å². The number of rotatable bonds is 14. The predicted molar refractivity (Wildman–Crippen MR) is 181 cm³/mol. The van der Waals surface area contributed by atoms with Crippen LogP contribution in [-0.4, -0.2) is 44.3 Å². The minimum atomic E-state index is -4.19. The third-order valence-corrected chi connectivity index (χ3v) is 9.78. The number of carbonyl (C=O) groups is 2. The highest BCUT2D eigenvalue weighted by atomic mass is 35.5. The van der Waals surface area contributed by atoms with Crippen LogP contribution in [-0.2, 0) is 32.6 Å². The van der Waals surface area contributed by atoms with Gasteiger partial charge in [0.25, 0.3) is 10.0 Å². The Hall–Kier alpha value is -4.14. The molecule has 0 aliphatic heterocycles. The van der Waals surface area contributed by atoms with Gasteiger partial charge in [0.1, 0.15) is 12.6 Å². The molecule has 0 spiro atoms. The fourth-order valence-electron chi connectivity index (χ4n) is 5.05. The van der Waals surface area contributed by atoms with Crippen LogP contribution in [0.5, 0.6) is 0 Å². The monoisotopic (exact) mass is 645 g/mol. The number of carbonyl (C=O) groups excluding carboxylic acids is 2. The van der Waals surface area contributed by atoms with Crippen LogP contribution < -0.4 is 9.62 Å². The fourth-order valence-corrected chi connectivity index (χ4v) is 6.65. The molecule has 0 bridgehead atoms. The van der Waals surface area contributed by atoms with Crippen LogP contribution in [0.4, 0.5) is 5.69 Å². The number of unbranched alkanes of at least 4 members (excludes halogenated alkanes) is 1. The van der Waals surface area contributed by atoms with E-state index in [1.807, 2.05) is 75.4 Å². The lowest BCUT2D eigenvalue weighted by atomic mass is 10.0. The van der Waals surface area contributed by atoms with Crippen molar-refractivity contribution < 1.29 is 18.0 Å². The Labute approximate surface area is 271 Å². The van der Waals surface area contributed by atoms with Gasteiger partial charge in [-0.1, -0.05) is 109 Å². The summed E-state index contributed by atoms with van der Waals surface area (Å²) in [5.41, 5.74) is 3.75. The molecule has 1 N–H and O–H groups in total. The molecule has 4 rings (SSSR count). The number of hydrogen-bond acceptors (Lipinski definition) is 4. The van der Waals surface area contributed by atoms with Crippen LogP contribution in [0.3, 0.4) is 0 Å². The summed E-state index contributed by atoms with van der Waals surface area (Å²) in [6.45, 7) is 5.89. The number of sulfonamides is 1. The minimum Gasteiger partial charge on any atom is -0.354 e. The third kappa shape index (κ3) is 8.96.